The molecule has 25 heavy (non-hydrogen) atoms. The summed E-state index contributed by atoms with van der Waals surface area (Å²) in [6.45, 7) is 0. The molecular weight excluding hydrogens is 372 g/mol. The van der Waals surface area contributed by atoms with Crippen LogP contribution in [0.1, 0.15) is 10.4 Å². The van der Waals surface area contributed by atoms with Crippen molar-refractivity contribution in [2.45, 2.75) is 19.6 Å². The number of fused-ring (bicyclic) bond motifs is 2. The Morgan fingerprint density at radius 1 is 0.880 bits per heavy atom. The van der Waals surface area contributed by atoms with E-state index in [1.807, 2.05) is 18.2 Å². The Hall–Kier alpha value is -1.88. The van der Waals surface area contributed by atoms with Gasteiger partial charge < -0.3 is 4.74 Å². The van der Waals surface area contributed by atoms with E-state index in [2.05, 4.69) is 30.3 Å². The Bertz CT molecular complexity index is 985. The van der Waals surface area contributed by atoms with Gasteiger partial charge in [0.05, 0.1) is 12.7 Å². The predicted molar refractivity (Wildman–Crippen MR) is 103 cm³/mol. The van der Waals surface area contributed by atoms with Gasteiger partial charge in [0, 0.05) is 24.6 Å². The smallest absolute Gasteiger partial charge is 0.338 e. The van der Waals surface area contributed by atoms with Crippen LogP contribution >= 0.6 is 35.1 Å². The third-order valence-electron chi connectivity index (χ3n) is 3.93. The van der Waals surface area contributed by atoms with Gasteiger partial charge in [0.2, 0.25) is 0 Å². The Labute approximate surface area is 159 Å². The van der Waals surface area contributed by atoms with E-state index in [1.165, 1.54) is 26.7 Å². The molecule has 1 aliphatic rings. The molecule has 0 bridgehead atoms. The molecule has 1 aliphatic heterocycles. The highest BCUT2D eigenvalue weighted by Crippen LogP contribution is 2.49. The van der Waals surface area contributed by atoms with Crippen molar-refractivity contribution in [2.75, 3.05) is 7.11 Å². The Morgan fingerprint density at radius 2 is 1.56 bits per heavy atom. The largest absolute Gasteiger partial charge is 0.465 e. The van der Waals surface area contributed by atoms with E-state index in [4.69, 9.17) is 16.3 Å². The van der Waals surface area contributed by atoms with Gasteiger partial charge in [-0.25, -0.2) is 4.79 Å². The summed E-state index contributed by atoms with van der Waals surface area (Å²) in [7, 11) is 1.39. The number of rotatable bonds is 2. The molecule has 3 aromatic carbocycles. The molecule has 5 heteroatoms. The van der Waals surface area contributed by atoms with Crippen molar-refractivity contribution < 1.29 is 9.53 Å². The fourth-order valence-corrected chi connectivity index (χ4v) is 5.17. The number of methoxy groups -OCH3 is 1. The van der Waals surface area contributed by atoms with Crippen LogP contribution in [-0.4, -0.2) is 13.1 Å². The molecule has 124 valence electrons. The normalized spacial score (nSPS) is 12.2. The van der Waals surface area contributed by atoms with E-state index in [9.17, 15) is 4.79 Å². The number of esters is 1. The van der Waals surface area contributed by atoms with Crippen LogP contribution in [0.3, 0.4) is 0 Å². The van der Waals surface area contributed by atoms with E-state index in [0.29, 0.717) is 10.6 Å². The molecule has 1 heterocycles. The number of benzene rings is 3. The van der Waals surface area contributed by atoms with E-state index < -0.39 is 0 Å². The molecule has 0 spiro atoms. The average Bonchev–Trinajstić information content (AvgIpc) is 2.65. The zero-order chi connectivity index (χ0) is 17.4. The summed E-state index contributed by atoms with van der Waals surface area (Å²) in [5.41, 5.74) is 2.25. The second-order valence-electron chi connectivity index (χ2n) is 5.49. The summed E-state index contributed by atoms with van der Waals surface area (Å²) >= 11 is 9.68. The maximum absolute atomic E-state index is 12.1. The molecule has 0 aliphatic carbocycles. The lowest BCUT2D eigenvalue weighted by Crippen LogP contribution is -2.03. The number of carbonyl (C=O) groups excluding carboxylic acids is 1. The zero-order valence-corrected chi connectivity index (χ0v) is 15.7. The lowest BCUT2D eigenvalue weighted by Gasteiger charge is -2.19. The van der Waals surface area contributed by atoms with Gasteiger partial charge in [-0.15, -0.1) is 0 Å². The first-order valence-corrected chi connectivity index (χ1v) is 9.64. The van der Waals surface area contributed by atoms with Gasteiger partial charge >= 0.3 is 5.97 Å². The molecule has 0 radical (unpaired) electrons. The monoisotopic (exact) mass is 384 g/mol. The van der Waals surface area contributed by atoms with E-state index in [-0.39, 0.29) is 5.97 Å². The van der Waals surface area contributed by atoms with Crippen LogP contribution in [0, 0.1) is 0 Å². The van der Waals surface area contributed by atoms with Crippen LogP contribution in [0.5, 0.6) is 0 Å². The molecule has 0 atom stereocenters. The number of hydrogen-bond donors (Lipinski definition) is 0. The SMILES string of the molecule is COC(=O)c1ccc(Cl)cc1-c1ccc2c(c1)Sc1ccccc1S2. The number of halogens is 1. The van der Waals surface area contributed by atoms with Gasteiger partial charge in [0.15, 0.2) is 0 Å². The Morgan fingerprint density at radius 3 is 2.28 bits per heavy atom. The second-order valence-corrected chi connectivity index (χ2v) is 8.10. The zero-order valence-electron chi connectivity index (χ0n) is 13.3. The van der Waals surface area contributed by atoms with Crippen LogP contribution in [0.2, 0.25) is 5.02 Å². The first kappa shape index (κ1) is 16.6. The molecule has 0 saturated heterocycles. The summed E-state index contributed by atoms with van der Waals surface area (Å²) in [6, 6.07) is 19.8. The standard InChI is InChI=1S/C20H13ClO2S2/c1-23-20(22)14-8-7-13(21)11-15(14)12-6-9-18-19(10-12)25-17-5-3-2-4-16(17)24-18/h2-11H,1H3. The summed E-state index contributed by atoms with van der Waals surface area (Å²) in [6.07, 6.45) is 0. The Kier molecular flexibility index (Phi) is 4.50. The fraction of sp³-hybridized carbons (Fsp3) is 0.0500. The molecule has 0 aromatic heterocycles. The highest BCUT2D eigenvalue weighted by molar-refractivity contribution is 8.05. The van der Waals surface area contributed by atoms with Crippen molar-refractivity contribution in [3.63, 3.8) is 0 Å². The molecular formula is C20H13ClO2S2. The van der Waals surface area contributed by atoms with Gasteiger partial charge in [-0.3, -0.25) is 0 Å². The van der Waals surface area contributed by atoms with Crippen molar-refractivity contribution in [3.05, 3.63) is 71.2 Å². The molecule has 4 rings (SSSR count). The van der Waals surface area contributed by atoms with E-state index in [1.54, 1.807) is 35.7 Å². The van der Waals surface area contributed by atoms with Crippen molar-refractivity contribution in [3.8, 4) is 11.1 Å². The van der Waals surface area contributed by atoms with Gasteiger partial charge in [-0.2, -0.15) is 0 Å². The molecule has 0 N–H and O–H groups in total. The van der Waals surface area contributed by atoms with E-state index in [0.717, 1.165) is 11.1 Å². The van der Waals surface area contributed by atoms with E-state index >= 15 is 0 Å². The van der Waals surface area contributed by atoms with Crippen molar-refractivity contribution in [1.29, 1.82) is 0 Å². The number of ether oxygens (including phenoxy) is 1. The van der Waals surface area contributed by atoms with Crippen LogP contribution < -0.4 is 0 Å². The molecule has 0 saturated carbocycles. The second kappa shape index (κ2) is 6.79. The molecule has 3 aromatic rings. The minimum absolute atomic E-state index is 0.364. The minimum Gasteiger partial charge on any atom is -0.465 e. The molecule has 0 unspecified atom stereocenters. The summed E-state index contributed by atoms with van der Waals surface area (Å²) in [5, 5.41) is 0.591. The fourth-order valence-electron chi connectivity index (χ4n) is 2.74. The minimum atomic E-state index is -0.364. The third-order valence-corrected chi connectivity index (χ3v) is 6.71. The predicted octanol–water partition coefficient (Wildman–Crippen LogP) is 6.41. The van der Waals surface area contributed by atoms with Crippen LogP contribution in [-0.2, 0) is 4.74 Å². The first-order valence-electron chi connectivity index (χ1n) is 7.63. The maximum atomic E-state index is 12.1. The lowest BCUT2D eigenvalue weighted by molar-refractivity contribution is 0.0601. The van der Waals surface area contributed by atoms with Gasteiger partial charge in [0.25, 0.3) is 0 Å². The maximum Gasteiger partial charge on any atom is 0.338 e. The molecule has 2 nitrogen and oxygen atoms in total. The summed E-state index contributed by atoms with van der Waals surface area (Å²) in [4.78, 5) is 17.0. The van der Waals surface area contributed by atoms with Crippen LogP contribution in [0.15, 0.2) is 80.2 Å². The van der Waals surface area contributed by atoms with Gasteiger partial charge in [-0.1, -0.05) is 53.3 Å². The van der Waals surface area contributed by atoms with Crippen molar-refractivity contribution in [1.82, 2.24) is 0 Å². The highest BCUT2D eigenvalue weighted by Gasteiger charge is 2.19. The number of carbonyl (C=O) groups is 1. The van der Waals surface area contributed by atoms with Crippen LogP contribution in [0.25, 0.3) is 11.1 Å². The van der Waals surface area contributed by atoms with Crippen molar-refractivity contribution in [2.24, 2.45) is 0 Å². The summed E-state index contributed by atoms with van der Waals surface area (Å²) in [5.74, 6) is -0.364. The average molecular weight is 385 g/mol. The lowest BCUT2D eigenvalue weighted by atomic mass is 10.00. The Balaban J connectivity index is 1.80. The van der Waals surface area contributed by atoms with Gasteiger partial charge in [0.1, 0.15) is 0 Å². The molecule has 0 amide bonds. The topological polar surface area (TPSA) is 26.3 Å². The molecule has 0 fully saturated rings. The van der Waals surface area contributed by atoms with Crippen molar-refractivity contribution >= 4 is 41.1 Å². The summed E-state index contributed by atoms with van der Waals surface area (Å²) < 4.78 is 4.91. The number of hydrogen-bond acceptors (Lipinski definition) is 4. The van der Waals surface area contributed by atoms with Gasteiger partial charge in [-0.05, 0) is 53.6 Å². The van der Waals surface area contributed by atoms with Crippen LogP contribution in [0.4, 0.5) is 0 Å². The highest BCUT2D eigenvalue weighted by atomic mass is 35.5. The first-order chi connectivity index (χ1) is 12.2. The third kappa shape index (κ3) is 3.17. The quantitative estimate of drug-likeness (QED) is 0.373.